The third-order valence-corrected chi connectivity index (χ3v) is 6.05. The summed E-state index contributed by atoms with van der Waals surface area (Å²) in [5.41, 5.74) is 0.0370. The fraction of sp³-hybridized carbons (Fsp3) is 0.462. The molecule has 0 unspecified atom stereocenters. The van der Waals surface area contributed by atoms with E-state index in [1.807, 2.05) is 6.07 Å². The number of benzene rings is 2. The number of anilines is 1. The SMILES string of the molecule is CC(C)(C)OC(=O)N(C(=O)OCc1ccccc1)[C@@H]1Cc2cc(C(F)(F)F)ccc2N[C@@H]1C1CC1. The summed E-state index contributed by atoms with van der Waals surface area (Å²) in [5, 5.41) is 3.29. The predicted molar refractivity (Wildman–Crippen MR) is 124 cm³/mol. The van der Waals surface area contributed by atoms with Gasteiger partial charge < -0.3 is 14.8 Å². The molecule has 9 heteroatoms. The van der Waals surface area contributed by atoms with Crippen molar-refractivity contribution < 1.29 is 32.2 Å². The van der Waals surface area contributed by atoms with Gasteiger partial charge in [0.15, 0.2) is 0 Å². The number of fused-ring (bicyclic) bond motifs is 1. The van der Waals surface area contributed by atoms with E-state index in [4.69, 9.17) is 9.47 Å². The molecule has 2 amide bonds. The van der Waals surface area contributed by atoms with Gasteiger partial charge >= 0.3 is 18.4 Å². The zero-order valence-electron chi connectivity index (χ0n) is 19.9. The highest BCUT2D eigenvalue weighted by Crippen LogP contribution is 2.42. The Morgan fingerprint density at radius 1 is 1.03 bits per heavy atom. The summed E-state index contributed by atoms with van der Waals surface area (Å²) in [6, 6.07) is 11.4. The van der Waals surface area contributed by atoms with Crippen LogP contribution in [0.1, 0.15) is 50.3 Å². The largest absolute Gasteiger partial charge is 0.444 e. The third-order valence-electron chi connectivity index (χ3n) is 6.05. The maximum absolute atomic E-state index is 13.4. The van der Waals surface area contributed by atoms with Gasteiger partial charge in [-0.3, -0.25) is 0 Å². The van der Waals surface area contributed by atoms with Crippen LogP contribution in [0, 0.1) is 5.92 Å². The van der Waals surface area contributed by atoms with Gasteiger partial charge in [-0.05, 0) is 75.3 Å². The zero-order chi connectivity index (χ0) is 25.4. The lowest BCUT2D eigenvalue weighted by Crippen LogP contribution is -2.57. The van der Waals surface area contributed by atoms with E-state index in [1.54, 1.807) is 45.0 Å². The minimum absolute atomic E-state index is 0.0535. The first-order valence-corrected chi connectivity index (χ1v) is 11.6. The van der Waals surface area contributed by atoms with Gasteiger partial charge in [0.1, 0.15) is 12.2 Å². The Hall–Kier alpha value is -3.23. The highest BCUT2D eigenvalue weighted by Gasteiger charge is 2.47. The monoisotopic (exact) mass is 490 g/mol. The van der Waals surface area contributed by atoms with Gasteiger partial charge in [0, 0.05) is 5.69 Å². The van der Waals surface area contributed by atoms with E-state index >= 15 is 0 Å². The van der Waals surface area contributed by atoms with Gasteiger partial charge in [0.05, 0.1) is 17.6 Å². The summed E-state index contributed by atoms with van der Waals surface area (Å²) < 4.78 is 51.1. The minimum Gasteiger partial charge on any atom is -0.444 e. The first-order valence-electron chi connectivity index (χ1n) is 11.6. The molecule has 2 atom stereocenters. The van der Waals surface area contributed by atoms with E-state index in [2.05, 4.69) is 5.32 Å². The number of nitrogens with zero attached hydrogens (tertiary/aromatic N) is 1. The quantitative estimate of drug-likeness (QED) is 0.538. The van der Waals surface area contributed by atoms with E-state index < -0.39 is 35.6 Å². The number of carbonyl (C=O) groups excluding carboxylic acids is 2. The summed E-state index contributed by atoms with van der Waals surface area (Å²) in [4.78, 5) is 27.4. The highest BCUT2D eigenvalue weighted by atomic mass is 19.4. The third kappa shape index (κ3) is 6.07. The normalized spacial score (nSPS) is 19.8. The lowest BCUT2D eigenvalue weighted by molar-refractivity contribution is -0.137. The molecule has 188 valence electrons. The number of rotatable bonds is 4. The first-order chi connectivity index (χ1) is 16.4. The Morgan fingerprint density at radius 2 is 1.71 bits per heavy atom. The molecule has 1 heterocycles. The van der Waals surface area contributed by atoms with Crippen LogP contribution in [0.4, 0.5) is 28.4 Å². The summed E-state index contributed by atoms with van der Waals surface area (Å²) in [7, 11) is 0. The van der Waals surface area contributed by atoms with E-state index in [0.29, 0.717) is 11.3 Å². The van der Waals surface area contributed by atoms with Crippen LogP contribution in [-0.4, -0.2) is 34.8 Å². The highest BCUT2D eigenvalue weighted by molar-refractivity contribution is 5.89. The number of imide groups is 1. The molecule has 1 aliphatic carbocycles. The minimum atomic E-state index is -4.50. The molecule has 1 fully saturated rings. The van der Waals surface area contributed by atoms with Crippen molar-refractivity contribution in [3.05, 3.63) is 65.2 Å². The molecule has 1 N–H and O–H groups in total. The molecule has 4 rings (SSSR count). The van der Waals surface area contributed by atoms with Crippen LogP contribution in [0.2, 0.25) is 0 Å². The van der Waals surface area contributed by atoms with E-state index in [9.17, 15) is 22.8 Å². The van der Waals surface area contributed by atoms with Crippen molar-refractivity contribution in [1.82, 2.24) is 4.90 Å². The molecule has 0 aromatic heterocycles. The van der Waals surface area contributed by atoms with Gasteiger partial charge in [-0.25, -0.2) is 14.5 Å². The Bertz CT molecular complexity index is 1080. The molecule has 2 aromatic carbocycles. The Kier molecular flexibility index (Phi) is 6.71. The Labute approximate surface area is 202 Å². The summed E-state index contributed by atoms with van der Waals surface area (Å²) in [5.74, 6) is 0.183. The number of nitrogens with one attached hydrogen (secondary N) is 1. The number of halogens is 3. The predicted octanol–water partition coefficient (Wildman–Crippen LogP) is 6.39. The van der Waals surface area contributed by atoms with Crippen molar-refractivity contribution in [1.29, 1.82) is 0 Å². The van der Waals surface area contributed by atoms with Crippen molar-refractivity contribution >= 4 is 17.9 Å². The molecule has 2 aliphatic rings. The second-order valence-electron chi connectivity index (χ2n) is 10.0. The van der Waals surface area contributed by atoms with Crippen molar-refractivity contribution in [2.24, 2.45) is 5.92 Å². The number of amides is 2. The molecule has 0 spiro atoms. The van der Waals surface area contributed by atoms with Crippen LogP contribution in [0.15, 0.2) is 48.5 Å². The molecule has 0 bridgehead atoms. The first kappa shape index (κ1) is 24.9. The molecule has 35 heavy (non-hydrogen) atoms. The Balaban J connectivity index is 1.65. The maximum Gasteiger partial charge on any atom is 0.420 e. The van der Waals surface area contributed by atoms with Crippen LogP contribution in [0.3, 0.4) is 0 Å². The molecule has 1 aliphatic heterocycles. The maximum atomic E-state index is 13.4. The van der Waals surface area contributed by atoms with Crippen LogP contribution in [0.25, 0.3) is 0 Å². The molecule has 6 nitrogen and oxygen atoms in total. The van der Waals surface area contributed by atoms with Crippen molar-refractivity contribution in [2.75, 3.05) is 5.32 Å². The Morgan fingerprint density at radius 3 is 2.31 bits per heavy atom. The number of alkyl halides is 3. The number of ether oxygens (including phenoxy) is 2. The molecule has 2 aromatic rings. The van der Waals surface area contributed by atoms with Crippen LogP contribution in [-0.2, 0) is 28.7 Å². The van der Waals surface area contributed by atoms with E-state index in [-0.39, 0.29) is 25.0 Å². The molecular weight excluding hydrogens is 461 g/mol. The molecule has 0 radical (unpaired) electrons. The van der Waals surface area contributed by atoms with E-state index in [1.165, 1.54) is 6.07 Å². The van der Waals surface area contributed by atoms with Gasteiger partial charge in [-0.2, -0.15) is 13.2 Å². The van der Waals surface area contributed by atoms with Crippen LogP contribution >= 0.6 is 0 Å². The smallest absolute Gasteiger partial charge is 0.420 e. The van der Waals surface area contributed by atoms with E-state index in [0.717, 1.165) is 35.4 Å². The summed E-state index contributed by atoms with van der Waals surface area (Å²) in [6.45, 7) is 4.99. The number of hydrogen-bond donors (Lipinski definition) is 1. The topological polar surface area (TPSA) is 67.9 Å². The van der Waals surface area contributed by atoms with Gasteiger partial charge in [-0.1, -0.05) is 30.3 Å². The van der Waals surface area contributed by atoms with Gasteiger partial charge in [0.25, 0.3) is 0 Å². The standard InChI is InChI=1S/C26H29F3N2O4/c1-25(2,3)35-24(33)31(23(32)34-15-16-7-5-4-6-8-16)21-14-18-13-19(26(27,28)29)11-12-20(18)30-22(21)17-9-10-17/h4-8,11-13,17,21-22,30H,9-10,14-15H2,1-3H3/t21-,22-/m1/s1. The summed E-state index contributed by atoms with van der Waals surface area (Å²) >= 11 is 0. The lowest BCUT2D eigenvalue weighted by Gasteiger charge is -2.40. The van der Waals surface area contributed by atoms with Gasteiger partial charge in [0.2, 0.25) is 0 Å². The number of carbonyl (C=O) groups is 2. The zero-order valence-corrected chi connectivity index (χ0v) is 19.9. The average molecular weight is 491 g/mol. The van der Waals surface area contributed by atoms with Crippen molar-refractivity contribution in [3.8, 4) is 0 Å². The van der Waals surface area contributed by atoms with Gasteiger partial charge in [-0.15, -0.1) is 0 Å². The molecule has 1 saturated carbocycles. The molecular formula is C26H29F3N2O4. The molecule has 0 saturated heterocycles. The second-order valence-corrected chi connectivity index (χ2v) is 10.0. The van der Waals surface area contributed by atoms with Crippen molar-refractivity contribution in [3.63, 3.8) is 0 Å². The van der Waals surface area contributed by atoms with Crippen LogP contribution < -0.4 is 5.32 Å². The second kappa shape index (κ2) is 9.43. The van der Waals surface area contributed by atoms with Crippen LogP contribution in [0.5, 0.6) is 0 Å². The van der Waals surface area contributed by atoms with Crippen molar-refractivity contribution in [2.45, 2.75) is 70.5 Å². The lowest BCUT2D eigenvalue weighted by atomic mass is 9.88. The average Bonchev–Trinajstić information content (AvgIpc) is 3.61. The number of hydrogen-bond acceptors (Lipinski definition) is 5. The fourth-order valence-corrected chi connectivity index (χ4v) is 4.29. The fourth-order valence-electron chi connectivity index (χ4n) is 4.29. The summed E-state index contributed by atoms with van der Waals surface area (Å²) in [6.07, 6.45) is -4.43.